The Morgan fingerprint density at radius 2 is 1.73 bits per heavy atom. The summed E-state index contributed by atoms with van der Waals surface area (Å²) in [5, 5.41) is 10.9. The van der Waals surface area contributed by atoms with Crippen molar-refractivity contribution in [2.24, 2.45) is 0 Å². The van der Waals surface area contributed by atoms with Crippen molar-refractivity contribution in [1.29, 1.82) is 0 Å². The number of hydrogen-bond acceptors (Lipinski definition) is 10. The third-order valence-electron chi connectivity index (χ3n) is 6.12. The van der Waals surface area contributed by atoms with E-state index in [1.165, 1.54) is 21.3 Å². The molecular weight excluding hydrogens is 502 g/mol. The van der Waals surface area contributed by atoms with Gasteiger partial charge in [-0.1, -0.05) is 0 Å². The zero-order valence-corrected chi connectivity index (χ0v) is 22.5. The molecule has 3 rings (SSSR count). The van der Waals surface area contributed by atoms with Gasteiger partial charge in [-0.2, -0.15) is 0 Å². The number of carbonyl (C=O) groups is 1. The van der Waals surface area contributed by atoms with Gasteiger partial charge in [-0.25, -0.2) is 8.42 Å². The zero-order valence-electron chi connectivity index (χ0n) is 21.6. The number of benzene rings is 2. The summed E-state index contributed by atoms with van der Waals surface area (Å²) in [4.78, 5) is 13.0. The van der Waals surface area contributed by atoms with Gasteiger partial charge in [-0.05, 0) is 49.2 Å². The van der Waals surface area contributed by atoms with Gasteiger partial charge < -0.3 is 28.8 Å². The van der Waals surface area contributed by atoms with Crippen LogP contribution in [0.3, 0.4) is 0 Å². The molecular formula is C26H35NO9S. The molecule has 2 atom stereocenters. The predicted molar refractivity (Wildman–Crippen MR) is 138 cm³/mol. The summed E-state index contributed by atoms with van der Waals surface area (Å²) >= 11 is 0. The molecule has 2 unspecified atom stereocenters. The Balaban J connectivity index is 1.78. The van der Waals surface area contributed by atoms with E-state index >= 15 is 0 Å². The lowest BCUT2D eigenvalue weighted by atomic mass is 10.1. The van der Waals surface area contributed by atoms with E-state index in [-0.39, 0.29) is 30.7 Å². The van der Waals surface area contributed by atoms with Crippen molar-refractivity contribution < 1.29 is 42.0 Å². The fourth-order valence-corrected chi connectivity index (χ4v) is 6.12. The smallest absolute Gasteiger partial charge is 0.203 e. The first-order valence-electron chi connectivity index (χ1n) is 12.0. The van der Waals surface area contributed by atoms with Gasteiger partial charge in [-0.3, -0.25) is 9.69 Å². The number of rotatable bonds is 14. The van der Waals surface area contributed by atoms with Crippen LogP contribution in [0, 0.1) is 0 Å². The van der Waals surface area contributed by atoms with Crippen molar-refractivity contribution in [3.63, 3.8) is 0 Å². The molecule has 1 heterocycles. The summed E-state index contributed by atoms with van der Waals surface area (Å²) in [6, 6.07) is 8.17. The molecule has 1 saturated heterocycles. The Morgan fingerprint density at radius 3 is 2.27 bits per heavy atom. The molecule has 1 fully saturated rings. The second-order valence-corrected chi connectivity index (χ2v) is 11.0. The van der Waals surface area contributed by atoms with E-state index in [0.717, 1.165) is 11.8 Å². The van der Waals surface area contributed by atoms with Gasteiger partial charge in [-0.15, -0.1) is 0 Å². The van der Waals surface area contributed by atoms with E-state index in [1.54, 1.807) is 18.2 Å². The van der Waals surface area contributed by atoms with Crippen LogP contribution >= 0.6 is 0 Å². The molecule has 2 aromatic carbocycles. The van der Waals surface area contributed by atoms with Crippen molar-refractivity contribution in [2.45, 2.75) is 32.0 Å². The minimum atomic E-state index is -3.15. The number of nitrogens with zero attached hydrogens (tertiary/aromatic N) is 1. The quantitative estimate of drug-likeness (QED) is 0.360. The molecule has 1 aliphatic heterocycles. The molecule has 0 spiro atoms. The number of aldehydes is 1. The van der Waals surface area contributed by atoms with Crippen molar-refractivity contribution in [3.8, 4) is 28.7 Å². The van der Waals surface area contributed by atoms with Gasteiger partial charge in [0.05, 0.1) is 39.4 Å². The van der Waals surface area contributed by atoms with Crippen LogP contribution in [-0.2, 0) is 16.4 Å². The lowest BCUT2D eigenvalue weighted by molar-refractivity contribution is 0.0514. The maximum atomic E-state index is 12.2. The molecule has 0 radical (unpaired) electrons. The molecule has 11 heteroatoms. The third kappa shape index (κ3) is 7.50. The van der Waals surface area contributed by atoms with Crippen molar-refractivity contribution in [1.82, 2.24) is 4.90 Å². The summed E-state index contributed by atoms with van der Waals surface area (Å²) in [6.07, 6.45) is 0.269. The number of sulfone groups is 1. The Hall–Kier alpha value is -3.02. The third-order valence-corrected chi connectivity index (χ3v) is 7.87. The average molecular weight is 538 g/mol. The van der Waals surface area contributed by atoms with Crippen LogP contribution in [0.25, 0.3) is 0 Å². The molecule has 37 heavy (non-hydrogen) atoms. The second-order valence-electron chi connectivity index (χ2n) is 8.74. The molecule has 10 nitrogen and oxygen atoms in total. The Bertz CT molecular complexity index is 1140. The summed E-state index contributed by atoms with van der Waals surface area (Å²) in [5.41, 5.74) is 1.27. The molecule has 1 N–H and O–H groups in total. The zero-order chi connectivity index (χ0) is 27.0. The van der Waals surface area contributed by atoms with Gasteiger partial charge in [0.25, 0.3) is 0 Å². The minimum absolute atomic E-state index is 0.0205. The van der Waals surface area contributed by atoms with E-state index < -0.39 is 15.9 Å². The van der Waals surface area contributed by atoms with E-state index in [4.69, 9.17) is 23.7 Å². The Kier molecular flexibility index (Phi) is 10.0. The first-order chi connectivity index (χ1) is 17.7. The highest BCUT2D eigenvalue weighted by atomic mass is 32.2. The second kappa shape index (κ2) is 13.0. The summed E-state index contributed by atoms with van der Waals surface area (Å²) < 4.78 is 52.1. The van der Waals surface area contributed by atoms with Gasteiger partial charge in [0.15, 0.2) is 32.8 Å². The van der Waals surface area contributed by atoms with Crippen LogP contribution in [0.5, 0.6) is 28.7 Å². The number of methoxy groups -OCH3 is 3. The summed E-state index contributed by atoms with van der Waals surface area (Å²) in [5.74, 6) is 2.39. The maximum absolute atomic E-state index is 12.2. The number of carbonyl (C=O) groups excluding carboxylic acids is 1. The highest BCUT2D eigenvalue weighted by Gasteiger charge is 2.33. The molecule has 204 valence electrons. The highest BCUT2D eigenvalue weighted by Crippen LogP contribution is 2.39. The van der Waals surface area contributed by atoms with Crippen molar-refractivity contribution in [3.05, 3.63) is 41.5 Å². The first kappa shape index (κ1) is 28.5. The minimum Gasteiger partial charge on any atom is -0.493 e. The van der Waals surface area contributed by atoms with Crippen LogP contribution in [-0.4, -0.2) is 89.4 Å². The largest absolute Gasteiger partial charge is 0.493 e. The van der Waals surface area contributed by atoms with Crippen molar-refractivity contribution >= 4 is 16.1 Å². The fraction of sp³-hybridized carbons (Fsp3) is 0.500. The van der Waals surface area contributed by atoms with Crippen LogP contribution in [0.2, 0.25) is 0 Å². The number of aliphatic hydroxyl groups is 1. The molecule has 0 saturated carbocycles. The summed E-state index contributed by atoms with van der Waals surface area (Å²) in [6.45, 7) is 2.69. The van der Waals surface area contributed by atoms with Crippen LogP contribution in [0.4, 0.5) is 0 Å². The summed E-state index contributed by atoms with van der Waals surface area (Å²) in [7, 11) is 1.43. The fourth-order valence-electron chi connectivity index (χ4n) is 4.36. The topological polar surface area (TPSA) is 121 Å². The SMILES string of the molecule is CCOc1cc(C=O)ccc1OCC(O)CN(Cc1cc(OC)c(OC)c(OC)c1)C1CCS(=O)(=O)C1. The molecule has 0 aliphatic carbocycles. The van der Waals surface area contributed by atoms with E-state index in [1.807, 2.05) is 24.0 Å². The lowest BCUT2D eigenvalue weighted by Gasteiger charge is -2.30. The molecule has 0 amide bonds. The van der Waals surface area contributed by atoms with Crippen molar-refractivity contribution in [2.75, 3.05) is 52.6 Å². The molecule has 0 aromatic heterocycles. The van der Waals surface area contributed by atoms with Gasteiger partial charge in [0.1, 0.15) is 19.0 Å². The van der Waals surface area contributed by atoms with Crippen LogP contribution < -0.4 is 23.7 Å². The standard InChI is InChI=1S/C26H35NO9S/c1-5-35-23-10-18(15-28)6-7-22(23)36-16-21(29)14-27(20-8-9-37(30,31)17-20)13-19-11-24(32-2)26(34-4)25(12-19)33-3/h6-7,10-12,15,20-21,29H,5,8-9,13-14,16-17H2,1-4H3. The van der Waals surface area contributed by atoms with E-state index in [2.05, 4.69) is 0 Å². The number of ether oxygens (including phenoxy) is 5. The van der Waals surface area contributed by atoms with Gasteiger partial charge >= 0.3 is 0 Å². The Labute approximate surface area is 218 Å². The predicted octanol–water partition coefficient (Wildman–Crippen LogP) is 2.35. The highest BCUT2D eigenvalue weighted by molar-refractivity contribution is 7.91. The van der Waals surface area contributed by atoms with Gasteiger partial charge in [0.2, 0.25) is 5.75 Å². The van der Waals surface area contributed by atoms with E-state index in [9.17, 15) is 18.3 Å². The maximum Gasteiger partial charge on any atom is 0.203 e. The first-order valence-corrected chi connectivity index (χ1v) is 13.8. The number of aliphatic hydroxyl groups excluding tert-OH is 1. The van der Waals surface area contributed by atoms with Gasteiger partial charge in [0, 0.05) is 24.7 Å². The van der Waals surface area contributed by atoms with Crippen LogP contribution in [0.15, 0.2) is 30.3 Å². The number of hydrogen-bond donors (Lipinski definition) is 1. The van der Waals surface area contributed by atoms with E-state index in [0.29, 0.717) is 53.9 Å². The normalized spacial score (nSPS) is 17.3. The monoisotopic (exact) mass is 537 g/mol. The molecule has 0 bridgehead atoms. The lowest BCUT2D eigenvalue weighted by Crippen LogP contribution is -2.42. The Morgan fingerprint density at radius 1 is 1.03 bits per heavy atom. The average Bonchev–Trinajstić information content (AvgIpc) is 3.26. The molecule has 2 aromatic rings. The molecule has 1 aliphatic rings. The van der Waals surface area contributed by atoms with Crippen LogP contribution in [0.1, 0.15) is 29.3 Å².